The van der Waals surface area contributed by atoms with Crippen LogP contribution in [0.4, 0.5) is 0 Å². The third kappa shape index (κ3) is 3.36. The summed E-state index contributed by atoms with van der Waals surface area (Å²) in [5, 5.41) is 8.99. The SMILES string of the molecule is CCCN(C)Cc1ccccc1C(=O)O. The molecule has 0 radical (unpaired) electrons. The second-order valence-electron chi connectivity index (χ2n) is 3.70. The van der Waals surface area contributed by atoms with Crippen molar-refractivity contribution in [2.75, 3.05) is 13.6 Å². The quantitative estimate of drug-likeness (QED) is 0.804. The molecule has 0 aliphatic carbocycles. The van der Waals surface area contributed by atoms with Crippen LogP contribution in [0, 0.1) is 0 Å². The highest BCUT2D eigenvalue weighted by Gasteiger charge is 2.09. The van der Waals surface area contributed by atoms with E-state index >= 15 is 0 Å². The van der Waals surface area contributed by atoms with Crippen LogP contribution in [-0.4, -0.2) is 29.6 Å². The van der Waals surface area contributed by atoms with E-state index in [4.69, 9.17) is 5.11 Å². The second-order valence-corrected chi connectivity index (χ2v) is 3.70. The summed E-state index contributed by atoms with van der Waals surface area (Å²) in [7, 11) is 2.00. The Kier molecular flexibility index (Phi) is 4.31. The summed E-state index contributed by atoms with van der Waals surface area (Å²) in [4.78, 5) is 13.1. The average molecular weight is 207 g/mol. The van der Waals surface area contributed by atoms with Crippen molar-refractivity contribution in [1.82, 2.24) is 4.90 Å². The normalized spacial score (nSPS) is 10.6. The monoisotopic (exact) mass is 207 g/mol. The highest BCUT2D eigenvalue weighted by atomic mass is 16.4. The van der Waals surface area contributed by atoms with Gasteiger partial charge in [-0.2, -0.15) is 0 Å². The van der Waals surface area contributed by atoms with E-state index in [-0.39, 0.29) is 0 Å². The van der Waals surface area contributed by atoms with Crippen LogP contribution in [0.5, 0.6) is 0 Å². The molecule has 0 atom stereocenters. The molecule has 0 saturated carbocycles. The molecule has 1 rings (SSSR count). The lowest BCUT2D eigenvalue weighted by molar-refractivity contribution is 0.0694. The highest BCUT2D eigenvalue weighted by Crippen LogP contribution is 2.11. The molecule has 82 valence electrons. The second kappa shape index (κ2) is 5.51. The first-order valence-corrected chi connectivity index (χ1v) is 5.15. The summed E-state index contributed by atoms with van der Waals surface area (Å²) < 4.78 is 0. The number of benzene rings is 1. The Morgan fingerprint density at radius 1 is 1.40 bits per heavy atom. The van der Waals surface area contributed by atoms with E-state index in [1.807, 2.05) is 19.2 Å². The zero-order chi connectivity index (χ0) is 11.3. The van der Waals surface area contributed by atoms with E-state index in [9.17, 15) is 4.79 Å². The Labute approximate surface area is 90.3 Å². The number of hydrogen-bond acceptors (Lipinski definition) is 2. The van der Waals surface area contributed by atoms with Crippen molar-refractivity contribution in [1.29, 1.82) is 0 Å². The Balaban J connectivity index is 2.79. The van der Waals surface area contributed by atoms with Gasteiger partial charge in [-0.15, -0.1) is 0 Å². The van der Waals surface area contributed by atoms with Crippen molar-refractivity contribution in [3.63, 3.8) is 0 Å². The Hall–Kier alpha value is -1.35. The van der Waals surface area contributed by atoms with Crippen molar-refractivity contribution in [3.8, 4) is 0 Å². The summed E-state index contributed by atoms with van der Waals surface area (Å²) in [5.41, 5.74) is 1.28. The minimum Gasteiger partial charge on any atom is -0.478 e. The molecule has 3 nitrogen and oxygen atoms in total. The van der Waals surface area contributed by atoms with Crippen LogP contribution in [0.3, 0.4) is 0 Å². The van der Waals surface area contributed by atoms with Gasteiger partial charge in [-0.1, -0.05) is 25.1 Å². The molecular weight excluding hydrogens is 190 g/mol. The van der Waals surface area contributed by atoms with Crippen LogP contribution in [0.1, 0.15) is 29.3 Å². The first-order chi connectivity index (χ1) is 7.15. The van der Waals surface area contributed by atoms with Gasteiger partial charge in [0.25, 0.3) is 0 Å². The number of hydrogen-bond donors (Lipinski definition) is 1. The zero-order valence-corrected chi connectivity index (χ0v) is 9.23. The van der Waals surface area contributed by atoms with Crippen LogP contribution < -0.4 is 0 Å². The number of carboxylic acids is 1. The number of nitrogens with zero attached hydrogens (tertiary/aromatic N) is 1. The van der Waals surface area contributed by atoms with Crippen molar-refractivity contribution in [2.45, 2.75) is 19.9 Å². The van der Waals surface area contributed by atoms with Gasteiger partial charge in [-0.3, -0.25) is 0 Å². The Morgan fingerprint density at radius 2 is 2.07 bits per heavy atom. The van der Waals surface area contributed by atoms with E-state index in [0.717, 1.165) is 18.5 Å². The van der Waals surface area contributed by atoms with Crippen molar-refractivity contribution >= 4 is 5.97 Å². The predicted octanol–water partition coefficient (Wildman–Crippen LogP) is 2.23. The van der Waals surface area contributed by atoms with Crippen LogP contribution in [0.15, 0.2) is 24.3 Å². The molecule has 15 heavy (non-hydrogen) atoms. The fourth-order valence-corrected chi connectivity index (χ4v) is 1.62. The molecule has 1 N–H and O–H groups in total. The van der Waals surface area contributed by atoms with Gasteiger partial charge in [0.2, 0.25) is 0 Å². The first kappa shape index (κ1) is 11.7. The summed E-state index contributed by atoms with van der Waals surface area (Å²) in [6, 6.07) is 7.15. The molecule has 0 unspecified atom stereocenters. The minimum absolute atomic E-state index is 0.403. The van der Waals surface area contributed by atoms with E-state index < -0.39 is 5.97 Å². The number of aromatic carboxylic acids is 1. The maximum atomic E-state index is 10.9. The third-order valence-corrected chi connectivity index (χ3v) is 2.29. The smallest absolute Gasteiger partial charge is 0.336 e. The lowest BCUT2D eigenvalue weighted by Crippen LogP contribution is -2.20. The molecular formula is C12H17NO2. The third-order valence-electron chi connectivity index (χ3n) is 2.29. The molecule has 0 bridgehead atoms. The Bertz CT molecular complexity index is 336. The van der Waals surface area contributed by atoms with Gasteiger partial charge in [0.15, 0.2) is 0 Å². The standard InChI is InChI=1S/C12H17NO2/c1-3-8-13(2)9-10-6-4-5-7-11(10)12(14)15/h4-7H,3,8-9H2,1-2H3,(H,14,15). The zero-order valence-electron chi connectivity index (χ0n) is 9.23. The lowest BCUT2D eigenvalue weighted by Gasteiger charge is -2.16. The molecule has 0 amide bonds. The molecule has 0 spiro atoms. The van der Waals surface area contributed by atoms with Gasteiger partial charge in [0.05, 0.1) is 5.56 Å². The van der Waals surface area contributed by atoms with Crippen molar-refractivity contribution in [2.24, 2.45) is 0 Å². The maximum Gasteiger partial charge on any atom is 0.336 e. The molecule has 0 aliphatic heterocycles. The first-order valence-electron chi connectivity index (χ1n) is 5.15. The van der Waals surface area contributed by atoms with Crippen LogP contribution >= 0.6 is 0 Å². The fourth-order valence-electron chi connectivity index (χ4n) is 1.62. The highest BCUT2D eigenvalue weighted by molar-refractivity contribution is 5.89. The Morgan fingerprint density at radius 3 is 2.67 bits per heavy atom. The number of carbonyl (C=O) groups is 1. The lowest BCUT2D eigenvalue weighted by atomic mass is 10.1. The average Bonchev–Trinajstić information content (AvgIpc) is 2.18. The number of carboxylic acid groups (broad SMARTS) is 1. The summed E-state index contributed by atoms with van der Waals surface area (Å²) in [5.74, 6) is -0.851. The molecule has 3 heteroatoms. The number of rotatable bonds is 5. The van der Waals surface area contributed by atoms with Gasteiger partial charge >= 0.3 is 5.97 Å². The molecule has 0 saturated heterocycles. The predicted molar refractivity (Wildman–Crippen MR) is 60.0 cm³/mol. The van der Waals surface area contributed by atoms with E-state index in [0.29, 0.717) is 12.1 Å². The van der Waals surface area contributed by atoms with E-state index in [1.165, 1.54) is 0 Å². The summed E-state index contributed by atoms with van der Waals surface area (Å²) in [6.07, 6.45) is 1.08. The van der Waals surface area contributed by atoms with E-state index in [1.54, 1.807) is 12.1 Å². The van der Waals surface area contributed by atoms with E-state index in [2.05, 4.69) is 11.8 Å². The molecule has 0 aromatic heterocycles. The molecule has 1 aromatic rings. The molecule has 0 fully saturated rings. The van der Waals surface area contributed by atoms with Crippen LogP contribution in [0.25, 0.3) is 0 Å². The van der Waals surface area contributed by atoms with Gasteiger partial charge in [0, 0.05) is 6.54 Å². The van der Waals surface area contributed by atoms with Gasteiger partial charge in [0.1, 0.15) is 0 Å². The summed E-state index contributed by atoms with van der Waals surface area (Å²) >= 11 is 0. The maximum absolute atomic E-state index is 10.9. The fraction of sp³-hybridized carbons (Fsp3) is 0.417. The molecule has 1 aromatic carbocycles. The van der Waals surface area contributed by atoms with Gasteiger partial charge < -0.3 is 10.0 Å². The van der Waals surface area contributed by atoms with Gasteiger partial charge in [-0.25, -0.2) is 4.79 Å². The summed E-state index contributed by atoms with van der Waals surface area (Å²) in [6.45, 7) is 3.78. The van der Waals surface area contributed by atoms with Crippen molar-refractivity contribution < 1.29 is 9.90 Å². The molecule has 0 heterocycles. The topological polar surface area (TPSA) is 40.5 Å². The minimum atomic E-state index is -0.851. The van der Waals surface area contributed by atoms with Crippen LogP contribution in [-0.2, 0) is 6.54 Å². The van der Waals surface area contributed by atoms with Crippen molar-refractivity contribution in [3.05, 3.63) is 35.4 Å². The molecule has 0 aliphatic rings. The van der Waals surface area contributed by atoms with Crippen LogP contribution in [0.2, 0.25) is 0 Å². The largest absolute Gasteiger partial charge is 0.478 e. The van der Waals surface area contributed by atoms with Gasteiger partial charge in [-0.05, 0) is 31.6 Å².